The lowest BCUT2D eigenvalue weighted by Crippen LogP contribution is -2.26. The standard InChI is InChI=1S/C16H25BO2/c1-15(2,11-17)10-16(3,4)12-7-13(18-5)9-14(8-12)19-6/h7-9H,10-11H2,1-6H3. The molecule has 1 aromatic carbocycles. The summed E-state index contributed by atoms with van der Waals surface area (Å²) in [6, 6.07) is 6.05. The Balaban J connectivity index is 3.12. The van der Waals surface area contributed by atoms with E-state index in [0.717, 1.165) is 17.9 Å². The van der Waals surface area contributed by atoms with Gasteiger partial charge in [0.15, 0.2) is 0 Å². The highest BCUT2D eigenvalue weighted by molar-refractivity contribution is 6.08. The summed E-state index contributed by atoms with van der Waals surface area (Å²) in [5, 5.41) is 0. The van der Waals surface area contributed by atoms with E-state index in [1.54, 1.807) is 14.2 Å². The Kier molecular flexibility index (Phi) is 4.95. The molecule has 2 nitrogen and oxygen atoms in total. The highest BCUT2D eigenvalue weighted by Gasteiger charge is 2.29. The van der Waals surface area contributed by atoms with Crippen molar-refractivity contribution in [2.75, 3.05) is 14.2 Å². The smallest absolute Gasteiger partial charge is 0.122 e. The summed E-state index contributed by atoms with van der Waals surface area (Å²) in [7, 11) is 9.21. The van der Waals surface area contributed by atoms with Gasteiger partial charge in [-0.05, 0) is 34.9 Å². The molecular formula is C16H25BO2. The molecule has 19 heavy (non-hydrogen) atoms. The van der Waals surface area contributed by atoms with Gasteiger partial charge >= 0.3 is 0 Å². The molecule has 1 aromatic rings. The van der Waals surface area contributed by atoms with Crippen LogP contribution in [0.4, 0.5) is 0 Å². The van der Waals surface area contributed by atoms with Gasteiger partial charge in [-0.3, -0.25) is 0 Å². The van der Waals surface area contributed by atoms with E-state index in [0.29, 0.717) is 6.32 Å². The molecule has 0 heterocycles. The van der Waals surface area contributed by atoms with Gasteiger partial charge in [-0.1, -0.05) is 34.0 Å². The van der Waals surface area contributed by atoms with Crippen molar-refractivity contribution in [3.63, 3.8) is 0 Å². The molecule has 0 bridgehead atoms. The maximum atomic E-state index is 5.85. The average molecular weight is 260 g/mol. The molecule has 0 aliphatic rings. The molecule has 104 valence electrons. The quantitative estimate of drug-likeness (QED) is 0.720. The zero-order chi connectivity index (χ0) is 14.7. The highest BCUT2D eigenvalue weighted by atomic mass is 16.5. The number of hydrogen-bond donors (Lipinski definition) is 0. The van der Waals surface area contributed by atoms with Crippen LogP contribution in [0.1, 0.15) is 39.7 Å². The second-order valence-electron chi connectivity index (χ2n) is 6.53. The molecule has 0 aromatic heterocycles. The summed E-state index contributed by atoms with van der Waals surface area (Å²) in [6.45, 7) is 8.87. The first-order valence-corrected chi connectivity index (χ1v) is 6.68. The molecular weight excluding hydrogens is 235 g/mol. The fourth-order valence-electron chi connectivity index (χ4n) is 2.57. The van der Waals surface area contributed by atoms with Gasteiger partial charge in [0, 0.05) is 6.07 Å². The Bertz CT molecular complexity index is 403. The fourth-order valence-corrected chi connectivity index (χ4v) is 2.57. The van der Waals surface area contributed by atoms with Crippen LogP contribution in [0, 0.1) is 5.41 Å². The molecule has 0 atom stereocenters. The predicted molar refractivity (Wildman–Crippen MR) is 81.5 cm³/mol. The summed E-state index contributed by atoms with van der Waals surface area (Å²) in [5.41, 5.74) is 1.34. The van der Waals surface area contributed by atoms with E-state index in [4.69, 9.17) is 17.3 Å². The second kappa shape index (κ2) is 5.89. The predicted octanol–water partition coefficient (Wildman–Crippen LogP) is 3.98. The van der Waals surface area contributed by atoms with Crippen LogP contribution in [0.2, 0.25) is 6.32 Å². The minimum Gasteiger partial charge on any atom is -0.497 e. The molecule has 0 saturated heterocycles. The first-order chi connectivity index (χ1) is 8.74. The molecule has 0 amide bonds. The summed E-state index contributed by atoms with van der Waals surface area (Å²) in [4.78, 5) is 0. The Hall–Kier alpha value is -1.12. The number of ether oxygens (including phenoxy) is 2. The second-order valence-corrected chi connectivity index (χ2v) is 6.53. The van der Waals surface area contributed by atoms with Crippen molar-refractivity contribution in [1.29, 1.82) is 0 Å². The third-order valence-corrected chi connectivity index (χ3v) is 3.61. The molecule has 0 saturated carbocycles. The van der Waals surface area contributed by atoms with E-state index in [-0.39, 0.29) is 10.8 Å². The van der Waals surface area contributed by atoms with Crippen molar-refractivity contribution < 1.29 is 9.47 Å². The molecule has 0 spiro atoms. The van der Waals surface area contributed by atoms with Crippen molar-refractivity contribution in [1.82, 2.24) is 0 Å². The summed E-state index contributed by atoms with van der Waals surface area (Å²) in [6.07, 6.45) is 1.68. The van der Waals surface area contributed by atoms with Crippen LogP contribution in [-0.2, 0) is 5.41 Å². The summed E-state index contributed by atoms with van der Waals surface area (Å²) < 4.78 is 10.7. The molecule has 0 aliphatic heterocycles. The van der Waals surface area contributed by atoms with Gasteiger partial charge in [0.25, 0.3) is 0 Å². The van der Waals surface area contributed by atoms with Gasteiger partial charge in [-0.25, -0.2) is 0 Å². The van der Waals surface area contributed by atoms with Crippen LogP contribution >= 0.6 is 0 Å². The first-order valence-electron chi connectivity index (χ1n) is 6.68. The molecule has 0 fully saturated rings. The minimum atomic E-state index is 0.0185. The Morgan fingerprint density at radius 2 is 1.42 bits per heavy atom. The van der Waals surface area contributed by atoms with Crippen molar-refractivity contribution >= 4 is 7.85 Å². The lowest BCUT2D eigenvalue weighted by atomic mass is 9.67. The van der Waals surface area contributed by atoms with Crippen LogP contribution in [0.25, 0.3) is 0 Å². The lowest BCUT2D eigenvalue weighted by molar-refractivity contribution is 0.283. The Labute approximate surface area is 118 Å². The fraction of sp³-hybridized carbons (Fsp3) is 0.625. The van der Waals surface area contributed by atoms with Crippen LogP contribution in [0.5, 0.6) is 11.5 Å². The van der Waals surface area contributed by atoms with Gasteiger partial charge in [-0.15, -0.1) is 0 Å². The van der Waals surface area contributed by atoms with E-state index in [2.05, 4.69) is 39.8 Å². The summed E-state index contributed by atoms with van der Waals surface area (Å²) in [5.74, 6) is 1.65. The molecule has 2 radical (unpaired) electrons. The maximum Gasteiger partial charge on any atom is 0.122 e. The van der Waals surface area contributed by atoms with Crippen molar-refractivity contribution in [2.45, 2.75) is 45.9 Å². The SMILES string of the molecule is [B]CC(C)(C)CC(C)(C)c1cc(OC)cc(OC)c1. The summed E-state index contributed by atoms with van der Waals surface area (Å²) >= 11 is 0. The molecule has 0 unspecified atom stereocenters. The van der Waals surface area contributed by atoms with Crippen LogP contribution < -0.4 is 9.47 Å². The highest BCUT2D eigenvalue weighted by Crippen LogP contribution is 2.40. The van der Waals surface area contributed by atoms with Crippen molar-refractivity contribution in [2.24, 2.45) is 5.41 Å². The van der Waals surface area contributed by atoms with E-state index in [1.807, 2.05) is 6.07 Å². The third-order valence-electron chi connectivity index (χ3n) is 3.61. The van der Waals surface area contributed by atoms with E-state index < -0.39 is 0 Å². The number of methoxy groups -OCH3 is 2. The van der Waals surface area contributed by atoms with Crippen molar-refractivity contribution in [3.05, 3.63) is 23.8 Å². The maximum absolute atomic E-state index is 5.85. The topological polar surface area (TPSA) is 18.5 Å². The van der Waals surface area contributed by atoms with Crippen LogP contribution in [0.15, 0.2) is 18.2 Å². The van der Waals surface area contributed by atoms with E-state index in [1.165, 1.54) is 5.56 Å². The van der Waals surface area contributed by atoms with Gasteiger partial charge in [0.05, 0.1) is 22.1 Å². The Morgan fingerprint density at radius 1 is 0.947 bits per heavy atom. The average Bonchev–Trinajstić information content (AvgIpc) is 2.37. The Morgan fingerprint density at radius 3 is 1.79 bits per heavy atom. The zero-order valence-corrected chi connectivity index (χ0v) is 13.0. The monoisotopic (exact) mass is 260 g/mol. The normalized spacial score (nSPS) is 12.3. The molecule has 3 heteroatoms. The van der Waals surface area contributed by atoms with Gasteiger partial charge in [-0.2, -0.15) is 0 Å². The minimum absolute atomic E-state index is 0.0185. The van der Waals surface area contributed by atoms with Crippen LogP contribution in [-0.4, -0.2) is 22.1 Å². The zero-order valence-electron chi connectivity index (χ0n) is 13.0. The largest absolute Gasteiger partial charge is 0.497 e. The van der Waals surface area contributed by atoms with Gasteiger partial charge in [0.2, 0.25) is 0 Å². The van der Waals surface area contributed by atoms with E-state index >= 15 is 0 Å². The number of rotatable bonds is 6. The molecule has 0 aliphatic carbocycles. The van der Waals surface area contributed by atoms with Gasteiger partial charge in [0.1, 0.15) is 11.5 Å². The lowest BCUT2D eigenvalue weighted by Gasteiger charge is -2.35. The third kappa shape index (κ3) is 4.19. The number of benzene rings is 1. The first kappa shape index (κ1) is 15.9. The number of hydrogen-bond acceptors (Lipinski definition) is 2. The van der Waals surface area contributed by atoms with Crippen LogP contribution in [0.3, 0.4) is 0 Å². The van der Waals surface area contributed by atoms with E-state index in [9.17, 15) is 0 Å². The molecule has 1 rings (SSSR count). The molecule has 0 N–H and O–H groups in total. The van der Waals surface area contributed by atoms with Gasteiger partial charge < -0.3 is 9.47 Å². The van der Waals surface area contributed by atoms with Crippen molar-refractivity contribution in [3.8, 4) is 11.5 Å².